The average molecular weight is 237 g/mol. The van der Waals surface area contributed by atoms with Crippen molar-refractivity contribution in [2.45, 2.75) is 25.9 Å². The molecule has 6 nitrogen and oxygen atoms in total. The van der Waals surface area contributed by atoms with Gasteiger partial charge in [0.05, 0.1) is 6.10 Å². The molecule has 0 saturated carbocycles. The Kier molecular flexibility index (Phi) is 3.63. The number of hydrogen-bond acceptors (Lipinski definition) is 6. The summed E-state index contributed by atoms with van der Waals surface area (Å²) in [4.78, 5) is 10.2. The first-order valence-electron chi connectivity index (χ1n) is 5.95. The lowest BCUT2D eigenvalue weighted by atomic mass is 10.1. The highest BCUT2D eigenvalue weighted by molar-refractivity contribution is 5.50. The van der Waals surface area contributed by atoms with E-state index < -0.39 is 0 Å². The van der Waals surface area contributed by atoms with Crippen LogP contribution in [-0.4, -0.2) is 35.8 Å². The number of nitrogen functional groups attached to an aromatic ring is 2. The van der Waals surface area contributed by atoms with Gasteiger partial charge in [-0.15, -0.1) is 0 Å². The van der Waals surface area contributed by atoms with Crippen molar-refractivity contribution in [3.8, 4) is 0 Å². The molecule has 0 radical (unpaired) electrons. The molecule has 0 aliphatic carbocycles. The Balaban J connectivity index is 2.10. The van der Waals surface area contributed by atoms with E-state index in [-0.39, 0.29) is 12.1 Å². The van der Waals surface area contributed by atoms with Crippen LogP contribution in [0.3, 0.4) is 0 Å². The molecule has 0 bridgehead atoms. The maximum atomic E-state index is 5.67. The predicted octanol–water partition coefficient (Wildman–Crippen LogP) is 0.646. The van der Waals surface area contributed by atoms with Crippen molar-refractivity contribution in [3.63, 3.8) is 0 Å². The van der Waals surface area contributed by atoms with Gasteiger partial charge in [-0.25, -0.2) is 0 Å². The molecule has 6 heteroatoms. The van der Waals surface area contributed by atoms with Crippen LogP contribution < -0.4 is 16.4 Å². The molecule has 4 N–H and O–H groups in total. The molecular weight excluding hydrogens is 218 g/mol. The van der Waals surface area contributed by atoms with E-state index in [0.717, 1.165) is 38.4 Å². The first-order valence-corrected chi connectivity index (χ1v) is 5.95. The highest BCUT2D eigenvalue weighted by Gasteiger charge is 2.21. The topological polar surface area (TPSA) is 90.3 Å². The number of nitrogens with zero attached hydrogens (tertiary/aromatic N) is 3. The van der Waals surface area contributed by atoms with E-state index >= 15 is 0 Å². The number of aromatic nitrogens is 2. The highest BCUT2D eigenvalue weighted by Crippen LogP contribution is 2.21. The van der Waals surface area contributed by atoms with Crippen LogP contribution >= 0.6 is 0 Å². The van der Waals surface area contributed by atoms with Gasteiger partial charge in [-0.2, -0.15) is 9.97 Å². The molecule has 0 spiro atoms. The normalized spacial score (nSPS) is 20.5. The van der Waals surface area contributed by atoms with E-state index in [9.17, 15) is 0 Å². The lowest BCUT2D eigenvalue weighted by Gasteiger charge is -2.33. The number of anilines is 3. The second-order valence-electron chi connectivity index (χ2n) is 4.17. The number of rotatable bonds is 3. The maximum absolute atomic E-state index is 5.67. The molecule has 1 aromatic heterocycles. The fraction of sp³-hybridized carbons (Fsp3) is 0.636. The van der Waals surface area contributed by atoms with Crippen LogP contribution in [0.1, 0.15) is 19.8 Å². The van der Waals surface area contributed by atoms with Crippen LogP contribution in [0, 0.1) is 0 Å². The summed E-state index contributed by atoms with van der Waals surface area (Å²) in [5.41, 5.74) is 11.3. The minimum absolute atomic E-state index is 0.221. The summed E-state index contributed by atoms with van der Waals surface area (Å²) in [6, 6.07) is 1.75. The van der Waals surface area contributed by atoms with Gasteiger partial charge in [-0.1, -0.05) is 0 Å². The summed E-state index contributed by atoms with van der Waals surface area (Å²) in [6.07, 6.45) is 2.46. The average Bonchev–Trinajstić information content (AvgIpc) is 2.28. The third kappa shape index (κ3) is 2.97. The fourth-order valence-electron chi connectivity index (χ4n) is 2.15. The van der Waals surface area contributed by atoms with Gasteiger partial charge in [0.15, 0.2) is 0 Å². The van der Waals surface area contributed by atoms with E-state index in [2.05, 4.69) is 14.9 Å². The van der Waals surface area contributed by atoms with Crippen molar-refractivity contribution < 1.29 is 4.74 Å². The second-order valence-corrected chi connectivity index (χ2v) is 4.17. The fourth-order valence-corrected chi connectivity index (χ4v) is 2.15. The molecule has 1 fully saturated rings. The summed E-state index contributed by atoms with van der Waals surface area (Å²) in [5.74, 6) is 1.42. The second kappa shape index (κ2) is 5.18. The molecule has 1 atom stereocenters. The van der Waals surface area contributed by atoms with E-state index in [1.54, 1.807) is 6.07 Å². The summed E-state index contributed by atoms with van der Waals surface area (Å²) < 4.78 is 5.65. The number of hydrogen-bond donors (Lipinski definition) is 2. The van der Waals surface area contributed by atoms with Crippen LogP contribution in [0.25, 0.3) is 0 Å². The number of nitrogens with two attached hydrogens (primary N) is 2. The minimum atomic E-state index is 0.221. The third-order valence-electron chi connectivity index (χ3n) is 2.85. The zero-order valence-electron chi connectivity index (χ0n) is 10.1. The smallest absolute Gasteiger partial charge is 0.223 e. The van der Waals surface area contributed by atoms with Crippen LogP contribution in [0.2, 0.25) is 0 Å². The first-order chi connectivity index (χ1) is 8.19. The van der Waals surface area contributed by atoms with Gasteiger partial charge in [0.25, 0.3) is 0 Å². The number of piperidine rings is 1. The minimum Gasteiger partial charge on any atom is -0.383 e. The van der Waals surface area contributed by atoms with Crippen molar-refractivity contribution in [1.29, 1.82) is 0 Å². The summed E-state index contributed by atoms with van der Waals surface area (Å²) in [5, 5.41) is 0. The Hall–Kier alpha value is -1.56. The maximum Gasteiger partial charge on any atom is 0.223 e. The van der Waals surface area contributed by atoms with Crippen LogP contribution in [-0.2, 0) is 4.74 Å². The molecule has 2 heterocycles. The zero-order valence-corrected chi connectivity index (χ0v) is 10.1. The predicted molar refractivity (Wildman–Crippen MR) is 67.7 cm³/mol. The third-order valence-corrected chi connectivity index (χ3v) is 2.85. The summed E-state index contributed by atoms with van der Waals surface area (Å²) in [6.45, 7) is 4.55. The van der Waals surface area contributed by atoms with Crippen molar-refractivity contribution in [1.82, 2.24) is 9.97 Å². The van der Waals surface area contributed by atoms with Gasteiger partial charge in [-0.3, -0.25) is 0 Å². The Morgan fingerprint density at radius 2 is 2.29 bits per heavy atom. The largest absolute Gasteiger partial charge is 0.383 e. The van der Waals surface area contributed by atoms with Crippen LogP contribution in [0.15, 0.2) is 6.07 Å². The van der Waals surface area contributed by atoms with E-state index in [0.29, 0.717) is 5.82 Å². The Morgan fingerprint density at radius 3 is 3.00 bits per heavy atom. The quantitative estimate of drug-likeness (QED) is 0.802. The molecule has 1 saturated heterocycles. The highest BCUT2D eigenvalue weighted by atomic mass is 16.5. The molecule has 17 heavy (non-hydrogen) atoms. The molecule has 1 aliphatic heterocycles. The van der Waals surface area contributed by atoms with E-state index in [1.165, 1.54) is 0 Å². The van der Waals surface area contributed by atoms with Crippen molar-refractivity contribution in [2.24, 2.45) is 0 Å². The molecule has 2 rings (SSSR count). The van der Waals surface area contributed by atoms with E-state index in [1.807, 2.05) is 6.92 Å². The van der Waals surface area contributed by atoms with Gasteiger partial charge >= 0.3 is 0 Å². The van der Waals surface area contributed by atoms with Crippen molar-refractivity contribution >= 4 is 17.6 Å². The van der Waals surface area contributed by atoms with Crippen molar-refractivity contribution in [2.75, 3.05) is 36.1 Å². The molecule has 0 amide bonds. The van der Waals surface area contributed by atoms with Gasteiger partial charge in [0.1, 0.15) is 11.6 Å². The van der Waals surface area contributed by atoms with Gasteiger partial charge in [0, 0.05) is 25.8 Å². The summed E-state index contributed by atoms with van der Waals surface area (Å²) >= 11 is 0. The summed E-state index contributed by atoms with van der Waals surface area (Å²) in [7, 11) is 0. The standard InChI is InChI=1S/C11H19N5O/c1-2-17-8-4-3-5-16(7-8)10-6-9(12)14-11(13)15-10/h6,8H,2-5,7H2,1H3,(H4,12,13,14,15). The monoisotopic (exact) mass is 237 g/mol. The van der Waals surface area contributed by atoms with Crippen LogP contribution in [0.4, 0.5) is 17.6 Å². The van der Waals surface area contributed by atoms with Crippen LogP contribution in [0.5, 0.6) is 0 Å². The Bertz CT molecular complexity index is 362. The first kappa shape index (κ1) is 11.9. The SMILES string of the molecule is CCOC1CCCN(c2cc(N)nc(N)n2)C1. The Labute approximate surface area is 101 Å². The molecule has 94 valence electrons. The number of ether oxygens (including phenoxy) is 1. The lowest BCUT2D eigenvalue weighted by molar-refractivity contribution is 0.0525. The molecule has 1 unspecified atom stereocenters. The molecule has 1 aliphatic rings. The van der Waals surface area contributed by atoms with Gasteiger partial charge < -0.3 is 21.1 Å². The molecule has 0 aromatic carbocycles. The molecule has 1 aromatic rings. The van der Waals surface area contributed by atoms with Gasteiger partial charge in [0.2, 0.25) is 5.95 Å². The molecular formula is C11H19N5O. The Morgan fingerprint density at radius 1 is 1.47 bits per heavy atom. The lowest BCUT2D eigenvalue weighted by Crippen LogP contribution is -2.40. The zero-order chi connectivity index (χ0) is 12.3. The van der Waals surface area contributed by atoms with Gasteiger partial charge in [-0.05, 0) is 19.8 Å². The van der Waals surface area contributed by atoms with E-state index in [4.69, 9.17) is 16.2 Å². The van der Waals surface area contributed by atoms with Crippen molar-refractivity contribution in [3.05, 3.63) is 6.07 Å².